The molecule has 1 aromatic carbocycles. The van der Waals surface area contributed by atoms with E-state index >= 15 is 0 Å². The zero-order valence-corrected chi connectivity index (χ0v) is 14.6. The lowest BCUT2D eigenvalue weighted by atomic mass is 10.1. The molecule has 0 radical (unpaired) electrons. The highest BCUT2D eigenvalue weighted by Gasteiger charge is 2.28. The second-order valence-corrected chi connectivity index (χ2v) is 7.22. The maximum Gasteiger partial charge on any atom is 0.405 e. The summed E-state index contributed by atoms with van der Waals surface area (Å²) in [6, 6.07) is 6.73. The topological polar surface area (TPSA) is 67.8 Å². The van der Waals surface area contributed by atoms with Crippen molar-refractivity contribution in [2.24, 2.45) is 4.99 Å². The van der Waals surface area contributed by atoms with E-state index in [0.717, 1.165) is 16.7 Å². The van der Waals surface area contributed by atoms with Gasteiger partial charge in [0.25, 0.3) is 5.91 Å². The number of aliphatic imine (C=N–C) groups is 1. The van der Waals surface area contributed by atoms with E-state index in [4.69, 9.17) is 4.74 Å². The van der Waals surface area contributed by atoms with Gasteiger partial charge in [0, 0.05) is 11.5 Å². The lowest BCUT2D eigenvalue weighted by Crippen LogP contribution is -2.36. The highest BCUT2D eigenvalue weighted by Crippen LogP contribution is 2.26. The molecule has 1 N–H and O–H groups in total. The van der Waals surface area contributed by atoms with Crippen molar-refractivity contribution in [3.8, 4) is 0 Å². The van der Waals surface area contributed by atoms with Crippen LogP contribution in [-0.2, 0) is 15.3 Å². The molecule has 0 aromatic heterocycles. The SMILES string of the molecule is O=C(COC(=O)c1ccccc1CSC1=NCCS1)NCC(F)(F)F. The number of thioether (sulfide) groups is 2. The molecule has 5 nitrogen and oxygen atoms in total. The molecule has 2 rings (SSSR count). The zero-order valence-electron chi connectivity index (χ0n) is 13.0. The van der Waals surface area contributed by atoms with Crippen LogP contribution in [0.15, 0.2) is 29.3 Å². The first-order chi connectivity index (χ1) is 11.8. The number of amides is 1. The van der Waals surface area contributed by atoms with Gasteiger partial charge in [-0.1, -0.05) is 41.7 Å². The summed E-state index contributed by atoms with van der Waals surface area (Å²) >= 11 is 3.15. The lowest BCUT2D eigenvalue weighted by molar-refractivity contribution is -0.140. The summed E-state index contributed by atoms with van der Waals surface area (Å²) in [7, 11) is 0. The fourth-order valence-electron chi connectivity index (χ4n) is 1.85. The Bertz CT molecular complexity index is 666. The molecule has 1 amide bonds. The largest absolute Gasteiger partial charge is 0.452 e. The predicted octanol–water partition coefficient (Wildman–Crippen LogP) is 2.86. The van der Waals surface area contributed by atoms with E-state index < -0.39 is 31.2 Å². The van der Waals surface area contributed by atoms with Crippen LogP contribution in [0.5, 0.6) is 0 Å². The van der Waals surface area contributed by atoms with Crippen LogP contribution in [0.1, 0.15) is 15.9 Å². The van der Waals surface area contributed by atoms with Gasteiger partial charge in [-0.05, 0) is 11.6 Å². The Morgan fingerprint density at radius 1 is 1.32 bits per heavy atom. The summed E-state index contributed by atoms with van der Waals surface area (Å²) < 4.78 is 41.8. The number of nitrogens with zero attached hydrogens (tertiary/aromatic N) is 1. The number of nitrogens with one attached hydrogen (secondary N) is 1. The molecule has 0 spiro atoms. The Labute approximate surface area is 150 Å². The van der Waals surface area contributed by atoms with E-state index in [1.807, 2.05) is 0 Å². The van der Waals surface area contributed by atoms with Gasteiger partial charge in [0.05, 0.1) is 12.1 Å². The summed E-state index contributed by atoms with van der Waals surface area (Å²) in [4.78, 5) is 27.7. The van der Waals surface area contributed by atoms with Crippen LogP contribution < -0.4 is 5.32 Å². The van der Waals surface area contributed by atoms with Gasteiger partial charge in [0.1, 0.15) is 10.9 Å². The van der Waals surface area contributed by atoms with Crippen molar-refractivity contribution in [1.29, 1.82) is 0 Å². The molecule has 1 aliphatic rings. The third kappa shape index (κ3) is 6.99. The van der Waals surface area contributed by atoms with Crippen LogP contribution in [0.4, 0.5) is 13.2 Å². The van der Waals surface area contributed by atoms with Gasteiger partial charge in [-0.15, -0.1) is 0 Å². The molecule has 10 heteroatoms. The summed E-state index contributed by atoms with van der Waals surface area (Å²) in [5.41, 5.74) is 0.991. The summed E-state index contributed by atoms with van der Waals surface area (Å²) in [6.07, 6.45) is -4.51. The maximum absolute atomic E-state index is 12.1. The average molecular weight is 392 g/mol. The maximum atomic E-state index is 12.1. The fraction of sp³-hybridized carbons (Fsp3) is 0.400. The van der Waals surface area contributed by atoms with Crippen molar-refractivity contribution in [2.75, 3.05) is 25.4 Å². The molecule has 0 unspecified atom stereocenters. The first-order valence-corrected chi connectivity index (χ1v) is 9.21. The van der Waals surface area contributed by atoms with Crippen LogP contribution >= 0.6 is 23.5 Å². The number of benzene rings is 1. The van der Waals surface area contributed by atoms with Gasteiger partial charge in [-0.25, -0.2) is 4.79 Å². The summed E-state index contributed by atoms with van der Waals surface area (Å²) in [5.74, 6) is -0.301. The molecule has 1 aliphatic heterocycles. The van der Waals surface area contributed by atoms with Crippen LogP contribution in [0.3, 0.4) is 0 Å². The normalized spacial score (nSPS) is 14.1. The zero-order chi connectivity index (χ0) is 18.3. The van der Waals surface area contributed by atoms with Crippen LogP contribution in [0.25, 0.3) is 0 Å². The smallest absolute Gasteiger partial charge is 0.405 e. The minimum absolute atomic E-state index is 0.280. The van der Waals surface area contributed by atoms with Crippen LogP contribution in [0, 0.1) is 0 Å². The first kappa shape index (κ1) is 19.6. The van der Waals surface area contributed by atoms with E-state index in [2.05, 4.69) is 4.99 Å². The van der Waals surface area contributed by atoms with Gasteiger partial charge in [-0.3, -0.25) is 9.79 Å². The molecule has 136 valence electrons. The second kappa shape index (κ2) is 9.14. The standard InChI is InChI=1S/C15H15F3N2O3S2/c16-15(17,18)9-20-12(21)7-23-13(22)11-4-2-1-3-10(11)8-25-14-19-5-6-24-14/h1-4H,5-9H2,(H,20,21). The van der Waals surface area contributed by atoms with E-state index in [-0.39, 0.29) is 5.56 Å². The van der Waals surface area contributed by atoms with Gasteiger partial charge in [0.15, 0.2) is 6.61 Å². The fourth-order valence-corrected chi connectivity index (χ4v) is 3.86. The Morgan fingerprint density at radius 3 is 2.76 bits per heavy atom. The number of carbonyl (C=O) groups is 2. The van der Waals surface area contributed by atoms with E-state index in [9.17, 15) is 22.8 Å². The highest BCUT2D eigenvalue weighted by atomic mass is 32.2. The van der Waals surface area contributed by atoms with E-state index in [1.54, 1.807) is 41.3 Å². The van der Waals surface area contributed by atoms with Crippen molar-refractivity contribution in [3.05, 3.63) is 35.4 Å². The molecule has 0 bridgehead atoms. The number of esters is 1. The van der Waals surface area contributed by atoms with Crippen molar-refractivity contribution >= 4 is 39.8 Å². The minimum atomic E-state index is -4.51. The molecular weight excluding hydrogens is 377 g/mol. The van der Waals surface area contributed by atoms with Crippen LogP contribution in [-0.4, -0.2) is 47.9 Å². The third-order valence-corrected chi connectivity index (χ3v) is 5.27. The number of halogens is 3. The van der Waals surface area contributed by atoms with Gasteiger partial charge in [-0.2, -0.15) is 13.2 Å². The Kier molecular flexibility index (Phi) is 7.18. The molecule has 0 aliphatic carbocycles. The quantitative estimate of drug-likeness (QED) is 0.754. The van der Waals surface area contributed by atoms with Crippen molar-refractivity contribution in [3.63, 3.8) is 0 Å². The Hall–Kier alpha value is -1.68. The second-order valence-electron chi connectivity index (χ2n) is 4.91. The van der Waals surface area contributed by atoms with Crippen molar-refractivity contribution in [2.45, 2.75) is 11.9 Å². The van der Waals surface area contributed by atoms with Crippen molar-refractivity contribution < 1.29 is 27.5 Å². The van der Waals surface area contributed by atoms with Crippen LogP contribution in [0.2, 0.25) is 0 Å². The number of ether oxygens (including phenoxy) is 1. The lowest BCUT2D eigenvalue weighted by Gasteiger charge is -2.10. The molecular formula is C15H15F3N2O3S2. The number of hydrogen-bond acceptors (Lipinski definition) is 6. The number of carbonyl (C=O) groups excluding carboxylic acids is 2. The van der Waals surface area contributed by atoms with Crippen molar-refractivity contribution in [1.82, 2.24) is 5.32 Å². The summed E-state index contributed by atoms with van der Waals surface area (Å²) in [5, 5.41) is 1.64. The molecule has 25 heavy (non-hydrogen) atoms. The molecule has 0 saturated heterocycles. The van der Waals surface area contributed by atoms with E-state index in [0.29, 0.717) is 11.3 Å². The average Bonchev–Trinajstić information content (AvgIpc) is 3.09. The predicted molar refractivity (Wildman–Crippen MR) is 91.8 cm³/mol. The monoisotopic (exact) mass is 392 g/mol. The molecule has 0 atom stereocenters. The number of alkyl halides is 3. The highest BCUT2D eigenvalue weighted by molar-refractivity contribution is 8.38. The van der Waals surface area contributed by atoms with Gasteiger partial charge >= 0.3 is 12.1 Å². The Balaban J connectivity index is 1.87. The first-order valence-electron chi connectivity index (χ1n) is 7.23. The minimum Gasteiger partial charge on any atom is -0.452 e. The van der Waals surface area contributed by atoms with E-state index in [1.165, 1.54) is 11.8 Å². The van der Waals surface area contributed by atoms with Gasteiger partial charge in [0.2, 0.25) is 0 Å². The molecule has 0 fully saturated rings. The molecule has 0 saturated carbocycles. The molecule has 1 heterocycles. The third-order valence-electron chi connectivity index (χ3n) is 2.97. The molecule has 1 aromatic rings. The Morgan fingerprint density at radius 2 is 2.08 bits per heavy atom. The summed E-state index contributed by atoms with van der Waals surface area (Å²) in [6.45, 7) is -1.45. The van der Waals surface area contributed by atoms with Gasteiger partial charge < -0.3 is 10.1 Å². The number of rotatable bonds is 6. The number of hydrogen-bond donors (Lipinski definition) is 1.